The molecule has 2 amide bonds. The average Bonchev–Trinajstić information content (AvgIpc) is 2.76. The van der Waals surface area contributed by atoms with Crippen LogP contribution in [0.4, 0.5) is 4.79 Å². The molecule has 0 fully saturated rings. The zero-order valence-electron chi connectivity index (χ0n) is 11.1. The number of carboxylic acids is 1. The average molecular weight is 355 g/mol. The first-order valence-electron chi connectivity index (χ1n) is 5.86. The van der Waals surface area contributed by atoms with Gasteiger partial charge in [-0.3, -0.25) is 0 Å². The minimum absolute atomic E-state index is 0.188. The SMILES string of the molecule is CS(=O)(=O)CCC(NC(=O)NCc1ccc(Cl)s1)C(=O)O. The molecule has 0 spiro atoms. The van der Waals surface area contributed by atoms with Crippen LogP contribution in [0.1, 0.15) is 11.3 Å². The topological polar surface area (TPSA) is 113 Å². The molecule has 0 saturated carbocycles. The highest BCUT2D eigenvalue weighted by Gasteiger charge is 2.21. The molecular formula is C11H15ClN2O5S2. The van der Waals surface area contributed by atoms with E-state index in [4.69, 9.17) is 16.7 Å². The number of halogens is 1. The third-order valence-corrected chi connectivity index (χ3v) is 4.64. The largest absolute Gasteiger partial charge is 0.480 e. The molecule has 118 valence electrons. The predicted molar refractivity (Wildman–Crippen MR) is 80.5 cm³/mol. The van der Waals surface area contributed by atoms with Gasteiger partial charge in [0.15, 0.2) is 0 Å². The summed E-state index contributed by atoms with van der Waals surface area (Å²) in [7, 11) is -3.29. The lowest BCUT2D eigenvalue weighted by molar-refractivity contribution is -0.139. The number of carbonyl (C=O) groups is 2. The molecule has 1 atom stereocenters. The van der Waals surface area contributed by atoms with Crippen molar-refractivity contribution in [1.82, 2.24) is 10.6 Å². The standard InChI is InChI=1S/C11H15ClN2O5S2/c1-21(18,19)5-4-8(10(15)16)14-11(17)13-6-7-2-3-9(12)20-7/h2-3,8H,4-6H2,1H3,(H,15,16)(H2,13,14,17). The van der Waals surface area contributed by atoms with E-state index in [1.54, 1.807) is 12.1 Å². The summed E-state index contributed by atoms with van der Waals surface area (Å²) in [6.45, 7) is 0.210. The monoisotopic (exact) mass is 354 g/mol. The van der Waals surface area contributed by atoms with Gasteiger partial charge in [0.05, 0.1) is 16.6 Å². The minimum atomic E-state index is -3.29. The number of aliphatic carboxylic acids is 1. The van der Waals surface area contributed by atoms with Gasteiger partial charge >= 0.3 is 12.0 Å². The molecule has 21 heavy (non-hydrogen) atoms. The fraction of sp³-hybridized carbons (Fsp3) is 0.455. The van der Waals surface area contributed by atoms with E-state index in [-0.39, 0.29) is 18.7 Å². The molecule has 3 N–H and O–H groups in total. The molecule has 1 aromatic heterocycles. The zero-order valence-corrected chi connectivity index (χ0v) is 13.5. The summed E-state index contributed by atoms with van der Waals surface area (Å²) in [5.41, 5.74) is 0. The molecule has 7 nitrogen and oxygen atoms in total. The van der Waals surface area contributed by atoms with E-state index in [1.165, 1.54) is 11.3 Å². The molecule has 0 aliphatic rings. The third-order valence-electron chi connectivity index (χ3n) is 2.43. The highest BCUT2D eigenvalue weighted by atomic mass is 35.5. The molecule has 0 aromatic carbocycles. The Morgan fingerprint density at radius 1 is 1.43 bits per heavy atom. The number of urea groups is 1. The first kappa shape index (κ1) is 17.7. The Labute approximate surface area is 131 Å². The highest BCUT2D eigenvalue weighted by Crippen LogP contribution is 2.20. The Morgan fingerprint density at radius 2 is 2.10 bits per heavy atom. The number of thiophene rings is 1. The molecule has 1 unspecified atom stereocenters. The number of nitrogens with one attached hydrogen (secondary N) is 2. The van der Waals surface area contributed by atoms with Gasteiger partial charge in [-0.2, -0.15) is 0 Å². The van der Waals surface area contributed by atoms with Crippen LogP contribution in [-0.2, 0) is 21.2 Å². The van der Waals surface area contributed by atoms with Crippen molar-refractivity contribution in [2.24, 2.45) is 0 Å². The second kappa shape index (κ2) is 7.62. The molecule has 0 saturated heterocycles. The smallest absolute Gasteiger partial charge is 0.326 e. The van der Waals surface area contributed by atoms with E-state index < -0.39 is 27.9 Å². The van der Waals surface area contributed by atoms with Crippen LogP contribution in [0.5, 0.6) is 0 Å². The first-order chi connectivity index (χ1) is 9.67. The fourth-order valence-electron chi connectivity index (χ4n) is 1.41. The van der Waals surface area contributed by atoms with E-state index in [0.29, 0.717) is 4.34 Å². The summed E-state index contributed by atoms with van der Waals surface area (Å²) < 4.78 is 22.6. The lowest BCUT2D eigenvalue weighted by Crippen LogP contribution is -2.46. The summed E-state index contributed by atoms with van der Waals surface area (Å²) in [5.74, 6) is -1.60. The minimum Gasteiger partial charge on any atom is -0.480 e. The molecule has 0 bridgehead atoms. The van der Waals surface area contributed by atoms with Gasteiger partial charge in [0, 0.05) is 11.1 Å². The molecule has 0 aliphatic carbocycles. The van der Waals surface area contributed by atoms with Crippen molar-refractivity contribution in [2.75, 3.05) is 12.0 Å². The molecule has 0 radical (unpaired) electrons. The summed E-state index contributed by atoms with van der Waals surface area (Å²) >= 11 is 7.04. The van der Waals surface area contributed by atoms with Crippen molar-refractivity contribution in [3.8, 4) is 0 Å². The van der Waals surface area contributed by atoms with Crippen LogP contribution in [0.3, 0.4) is 0 Å². The Balaban J connectivity index is 2.47. The lowest BCUT2D eigenvalue weighted by Gasteiger charge is -2.14. The van der Waals surface area contributed by atoms with Crippen molar-refractivity contribution < 1.29 is 23.1 Å². The van der Waals surface area contributed by atoms with Gasteiger partial charge in [-0.05, 0) is 18.6 Å². The van der Waals surface area contributed by atoms with Crippen molar-refractivity contribution in [1.29, 1.82) is 0 Å². The van der Waals surface area contributed by atoms with E-state index in [1.807, 2.05) is 0 Å². The Hall–Kier alpha value is -1.32. The van der Waals surface area contributed by atoms with E-state index in [2.05, 4.69) is 10.6 Å². The number of hydrogen-bond acceptors (Lipinski definition) is 5. The Kier molecular flexibility index (Phi) is 6.43. The molecule has 1 rings (SSSR count). The maximum Gasteiger partial charge on any atom is 0.326 e. The molecular weight excluding hydrogens is 340 g/mol. The van der Waals surface area contributed by atoms with Crippen molar-refractivity contribution >= 4 is 44.8 Å². The van der Waals surface area contributed by atoms with E-state index in [9.17, 15) is 18.0 Å². The summed E-state index contributed by atoms with van der Waals surface area (Å²) in [6.07, 6.45) is 0.818. The normalized spacial score (nSPS) is 12.7. The number of carbonyl (C=O) groups excluding carboxylic acids is 1. The van der Waals surface area contributed by atoms with Crippen molar-refractivity contribution in [2.45, 2.75) is 19.0 Å². The number of amides is 2. The summed E-state index contributed by atoms with van der Waals surface area (Å²) in [4.78, 5) is 23.4. The van der Waals surface area contributed by atoms with Gasteiger partial charge in [-0.25, -0.2) is 18.0 Å². The quantitative estimate of drug-likeness (QED) is 0.678. The van der Waals surface area contributed by atoms with Crippen molar-refractivity contribution in [3.63, 3.8) is 0 Å². The van der Waals surface area contributed by atoms with Gasteiger partial charge < -0.3 is 15.7 Å². The number of sulfone groups is 1. The maximum absolute atomic E-state index is 11.6. The zero-order chi connectivity index (χ0) is 16.0. The lowest BCUT2D eigenvalue weighted by atomic mass is 10.2. The maximum atomic E-state index is 11.6. The van der Waals surface area contributed by atoms with Gasteiger partial charge in [-0.1, -0.05) is 11.6 Å². The number of hydrogen-bond donors (Lipinski definition) is 3. The van der Waals surface area contributed by atoms with Gasteiger partial charge in [0.1, 0.15) is 15.9 Å². The van der Waals surface area contributed by atoms with Crippen LogP contribution in [0, 0.1) is 0 Å². The molecule has 10 heteroatoms. The summed E-state index contributed by atoms with van der Waals surface area (Å²) in [6, 6.07) is 1.49. The Morgan fingerprint density at radius 3 is 2.57 bits per heavy atom. The van der Waals surface area contributed by atoms with E-state index in [0.717, 1.165) is 11.1 Å². The van der Waals surface area contributed by atoms with Gasteiger partial charge in [0.25, 0.3) is 0 Å². The second-order valence-corrected chi connectivity index (χ2v) is 8.40. The third kappa shape index (κ3) is 7.30. The number of rotatable bonds is 7. The second-order valence-electron chi connectivity index (χ2n) is 4.34. The molecule has 1 heterocycles. The van der Waals surface area contributed by atoms with Crippen LogP contribution >= 0.6 is 22.9 Å². The fourth-order valence-corrected chi connectivity index (χ4v) is 3.10. The predicted octanol–water partition coefficient (Wildman–Crippen LogP) is 1.09. The molecule has 0 aliphatic heterocycles. The van der Waals surface area contributed by atoms with Gasteiger partial charge in [0.2, 0.25) is 0 Å². The number of carboxylic acid groups (broad SMARTS) is 1. The summed E-state index contributed by atoms with van der Waals surface area (Å²) in [5, 5.41) is 13.7. The molecule has 1 aromatic rings. The van der Waals surface area contributed by atoms with Crippen LogP contribution in [-0.4, -0.2) is 43.6 Å². The first-order valence-corrected chi connectivity index (χ1v) is 9.12. The van der Waals surface area contributed by atoms with Crippen LogP contribution in [0.2, 0.25) is 4.34 Å². The highest BCUT2D eigenvalue weighted by molar-refractivity contribution is 7.90. The van der Waals surface area contributed by atoms with Gasteiger partial charge in [-0.15, -0.1) is 11.3 Å². The van der Waals surface area contributed by atoms with Crippen LogP contribution < -0.4 is 10.6 Å². The Bertz CT molecular complexity index is 614. The van der Waals surface area contributed by atoms with Crippen LogP contribution in [0.15, 0.2) is 12.1 Å². The van der Waals surface area contributed by atoms with Crippen LogP contribution in [0.25, 0.3) is 0 Å². The van der Waals surface area contributed by atoms with E-state index >= 15 is 0 Å². The van der Waals surface area contributed by atoms with Crippen molar-refractivity contribution in [3.05, 3.63) is 21.3 Å².